The molecule has 0 radical (unpaired) electrons. The zero-order valence-electron chi connectivity index (χ0n) is 16.0. The van der Waals surface area contributed by atoms with Crippen LogP contribution >= 0.6 is 0 Å². The zero-order valence-corrected chi connectivity index (χ0v) is 16.0. The number of halogens is 3. The normalized spacial score (nSPS) is 15.1. The smallest absolute Gasteiger partial charge is 0.435 e. The van der Waals surface area contributed by atoms with Crippen LogP contribution < -0.4 is 10.1 Å². The lowest BCUT2D eigenvalue weighted by atomic mass is 10.2. The lowest BCUT2D eigenvalue weighted by Gasteiger charge is -2.09. The number of hydrogen-bond acceptors (Lipinski definition) is 7. The third kappa shape index (κ3) is 4.26. The number of alkyl halides is 3. The highest BCUT2D eigenvalue weighted by Crippen LogP contribution is 2.29. The number of nitrogens with one attached hydrogen (secondary N) is 1. The van der Waals surface area contributed by atoms with E-state index < -0.39 is 23.8 Å². The van der Waals surface area contributed by atoms with E-state index in [2.05, 4.69) is 25.5 Å². The molecule has 9 nitrogen and oxygen atoms in total. The summed E-state index contributed by atoms with van der Waals surface area (Å²) in [6.07, 6.45) is -0.907. The molecule has 1 amide bonds. The number of pyridine rings is 1. The van der Waals surface area contributed by atoms with Crippen molar-refractivity contribution in [3.63, 3.8) is 0 Å². The average molecular weight is 422 g/mol. The molecule has 0 aliphatic heterocycles. The van der Waals surface area contributed by atoms with E-state index in [9.17, 15) is 18.0 Å². The van der Waals surface area contributed by atoms with E-state index >= 15 is 0 Å². The number of carbonyl (C=O) groups is 1. The summed E-state index contributed by atoms with van der Waals surface area (Å²) >= 11 is 0. The Labute approximate surface area is 168 Å². The number of amides is 1. The maximum atomic E-state index is 12.8. The first kappa shape index (κ1) is 19.9. The Bertz CT molecular complexity index is 1070. The van der Waals surface area contributed by atoms with E-state index in [-0.39, 0.29) is 23.5 Å². The van der Waals surface area contributed by atoms with E-state index in [1.165, 1.54) is 7.05 Å². The van der Waals surface area contributed by atoms with Crippen LogP contribution in [-0.4, -0.2) is 36.9 Å². The molecule has 3 aromatic heterocycles. The minimum Gasteiger partial charge on any atom is -0.474 e. The van der Waals surface area contributed by atoms with Gasteiger partial charge in [0.05, 0.1) is 6.04 Å². The molecule has 1 N–H and O–H groups in total. The maximum absolute atomic E-state index is 12.8. The molecule has 30 heavy (non-hydrogen) atoms. The second-order valence-corrected chi connectivity index (χ2v) is 6.89. The van der Waals surface area contributed by atoms with Crippen molar-refractivity contribution in [2.75, 3.05) is 0 Å². The molecule has 1 aliphatic carbocycles. The summed E-state index contributed by atoms with van der Waals surface area (Å²) in [4.78, 5) is 20.8. The van der Waals surface area contributed by atoms with Crippen molar-refractivity contribution in [3.8, 4) is 17.3 Å². The first-order valence-electron chi connectivity index (χ1n) is 9.09. The standard InChI is InChI=1S/C18H17F3N6O3/c1-9(23-16(28)12-8-13(18(19,20)21)25-27(12)2)15-24-17(30-26-15)10-5-6-22-14(7-10)29-11-3-4-11/h5-9,11H,3-4H2,1-2H3,(H,23,28). The van der Waals surface area contributed by atoms with Crippen molar-refractivity contribution in [2.45, 2.75) is 38.1 Å². The fraction of sp³-hybridized carbons (Fsp3) is 0.389. The van der Waals surface area contributed by atoms with Gasteiger partial charge in [0.25, 0.3) is 11.8 Å². The summed E-state index contributed by atoms with van der Waals surface area (Å²) < 4.78 is 50.1. The van der Waals surface area contributed by atoms with Crippen LogP contribution in [0, 0.1) is 0 Å². The fourth-order valence-corrected chi connectivity index (χ4v) is 2.64. The summed E-state index contributed by atoms with van der Waals surface area (Å²) in [5, 5.41) is 9.71. The van der Waals surface area contributed by atoms with Crippen LogP contribution in [0.4, 0.5) is 13.2 Å². The van der Waals surface area contributed by atoms with Gasteiger partial charge in [0.1, 0.15) is 11.8 Å². The number of nitrogens with zero attached hydrogens (tertiary/aromatic N) is 5. The van der Waals surface area contributed by atoms with Crippen LogP contribution in [0.1, 0.15) is 47.8 Å². The molecule has 0 saturated heterocycles. The number of hydrogen-bond donors (Lipinski definition) is 1. The molecule has 1 atom stereocenters. The van der Waals surface area contributed by atoms with Gasteiger partial charge in [0.2, 0.25) is 5.88 Å². The minimum atomic E-state index is -4.64. The van der Waals surface area contributed by atoms with Gasteiger partial charge in [-0.05, 0) is 25.8 Å². The zero-order chi connectivity index (χ0) is 21.5. The molecule has 1 saturated carbocycles. The Morgan fingerprint density at radius 1 is 1.37 bits per heavy atom. The van der Waals surface area contributed by atoms with Gasteiger partial charge >= 0.3 is 6.18 Å². The molecule has 0 bridgehead atoms. The summed E-state index contributed by atoms with van der Waals surface area (Å²) in [6.45, 7) is 1.59. The Morgan fingerprint density at radius 3 is 2.80 bits per heavy atom. The lowest BCUT2D eigenvalue weighted by molar-refractivity contribution is -0.141. The number of aryl methyl sites for hydroxylation is 1. The molecule has 0 aromatic carbocycles. The van der Waals surface area contributed by atoms with Gasteiger partial charge in [0, 0.05) is 30.9 Å². The molecular weight excluding hydrogens is 405 g/mol. The molecule has 12 heteroatoms. The average Bonchev–Trinajstić information content (AvgIpc) is 3.19. The quantitative estimate of drug-likeness (QED) is 0.651. The van der Waals surface area contributed by atoms with Crippen molar-refractivity contribution in [3.05, 3.63) is 41.6 Å². The Hall–Kier alpha value is -3.44. The maximum Gasteiger partial charge on any atom is 0.435 e. The van der Waals surface area contributed by atoms with Crippen molar-refractivity contribution < 1.29 is 27.2 Å². The third-order valence-electron chi connectivity index (χ3n) is 4.37. The number of ether oxygens (including phenoxy) is 1. The van der Waals surface area contributed by atoms with Crippen LogP contribution in [0.5, 0.6) is 5.88 Å². The van der Waals surface area contributed by atoms with Crippen molar-refractivity contribution in [2.24, 2.45) is 7.05 Å². The van der Waals surface area contributed by atoms with E-state index in [0.29, 0.717) is 17.5 Å². The number of carbonyl (C=O) groups excluding carboxylic acids is 1. The summed E-state index contributed by atoms with van der Waals surface area (Å²) in [7, 11) is 1.26. The molecular formula is C18H17F3N6O3. The van der Waals surface area contributed by atoms with Gasteiger partial charge in [-0.1, -0.05) is 5.16 Å². The monoisotopic (exact) mass is 422 g/mol. The Balaban J connectivity index is 1.46. The van der Waals surface area contributed by atoms with Gasteiger partial charge in [-0.25, -0.2) is 4.98 Å². The fourth-order valence-electron chi connectivity index (χ4n) is 2.64. The largest absolute Gasteiger partial charge is 0.474 e. The molecule has 0 spiro atoms. The predicted molar refractivity (Wildman–Crippen MR) is 95.3 cm³/mol. The van der Waals surface area contributed by atoms with E-state index in [4.69, 9.17) is 9.26 Å². The summed E-state index contributed by atoms with van der Waals surface area (Å²) in [6, 6.07) is 3.31. The topological polar surface area (TPSA) is 108 Å². The van der Waals surface area contributed by atoms with E-state index in [1.54, 1.807) is 25.3 Å². The minimum absolute atomic E-state index is 0.165. The molecule has 3 aromatic rings. The van der Waals surface area contributed by atoms with Gasteiger partial charge in [-0.2, -0.15) is 23.3 Å². The van der Waals surface area contributed by atoms with Crippen LogP contribution in [0.15, 0.2) is 28.9 Å². The van der Waals surface area contributed by atoms with Crippen LogP contribution in [0.2, 0.25) is 0 Å². The summed E-state index contributed by atoms with van der Waals surface area (Å²) in [5.74, 6) is 0.0724. The summed E-state index contributed by atoms with van der Waals surface area (Å²) in [5.41, 5.74) is -0.792. The molecule has 1 unspecified atom stereocenters. The van der Waals surface area contributed by atoms with Crippen molar-refractivity contribution in [1.29, 1.82) is 0 Å². The van der Waals surface area contributed by atoms with Gasteiger partial charge in [-0.3, -0.25) is 9.48 Å². The first-order valence-corrected chi connectivity index (χ1v) is 9.09. The molecule has 1 fully saturated rings. The highest BCUT2D eigenvalue weighted by atomic mass is 19.4. The van der Waals surface area contributed by atoms with E-state index in [1.807, 2.05) is 0 Å². The number of aromatic nitrogens is 5. The first-order chi connectivity index (χ1) is 14.2. The van der Waals surface area contributed by atoms with Crippen molar-refractivity contribution >= 4 is 5.91 Å². The SMILES string of the molecule is CC(NC(=O)c1cc(C(F)(F)F)nn1C)c1noc(-c2ccnc(OC3CC3)c2)n1. The third-order valence-corrected chi connectivity index (χ3v) is 4.37. The second kappa shape index (κ2) is 7.43. The lowest BCUT2D eigenvalue weighted by Crippen LogP contribution is -2.29. The van der Waals surface area contributed by atoms with Crippen LogP contribution in [0.25, 0.3) is 11.5 Å². The van der Waals surface area contributed by atoms with Crippen molar-refractivity contribution in [1.82, 2.24) is 30.2 Å². The second-order valence-electron chi connectivity index (χ2n) is 6.89. The molecule has 158 valence electrons. The Kier molecular flexibility index (Phi) is 4.92. The highest BCUT2D eigenvalue weighted by molar-refractivity contribution is 5.92. The van der Waals surface area contributed by atoms with Gasteiger partial charge < -0.3 is 14.6 Å². The number of rotatable bonds is 6. The molecule has 1 aliphatic rings. The van der Waals surface area contributed by atoms with Gasteiger partial charge in [-0.15, -0.1) is 0 Å². The van der Waals surface area contributed by atoms with Crippen LogP contribution in [0.3, 0.4) is 0 Å². The van der Waals surface area contributed by atoms with Crippen LogP contribution in [-0.2, 0) is 13.2 Å². The van der Waals surface area contributed by atoms with E-state index in [0.717, 1.165) is 17.5 Å². The predicted octanol–water partition coefficient (Wildman–Crippen LogP) is 2.92. The molecule has 4 rings (SSSR count). The molecule has 3 heterocycles. The highest BCUT2D eigenvalue weighted by Gasteiger charge is 2.35. The Morgan fingerprint density at radius 2 is 2.13 bits per heavy atom. The van der Waals surface area contributed by atoms with Gasteiger partial charge in [0.15, 0.2) is 11.5 Å².